The molecular formula is C23H18F3N5O. The molecule has 0 aliphatic carbocycles. The number of pyridine rings is 1. The lowest BCUT2D eigenvalue weighted by Crippen LogP contribution is -2.25. The highest BCUT2D eigenvalue weighted by molar-refractivity contribution is 5.98. The Morgan fingerprint density at radius 1 is 0.938 bits per heavy atom. The SMILES string of the molecule is O=C(NCc1ccccc1C(F)(F)F)c1nnn(Cc2ccccc2)c1-c1ccncc1. The van der Waals surface area contributed by atoms with Gasteiger partial charge in [-0.05, 0) is 29.3 Å². The van der Waals surface area contributed by atoms with Crippen molar-refractivity contribution in [2.75, 3.05) is 0 Å². The highest BCUT2D eigenvalue weighted by atomic mass is 19.4. The van der Waals surface area contributed by atoms with Crippen LogP contribution in [-0.4, -0.2) is 25.9 Å². The lowest BCUT2D eigenvalue weighted by molar-refractivity contribution is -0.138. The zero-order valence-corrected chi connectivity index (χ0v) is 16.8. The Labute approximate surface area is 181 Å². The summed E-state index contributed by atoms with van der Waals surface area (Å²) in [5.41, 5.74) is 1.29. The van der Waals surface area contributed by atoms with E-state index in [1.807, 2.05) is 30.3 Å². The maximum absolute atomic E-state index is 13.2. The zero-order valence-electron chi connectivity index (χ0n) is 16.8. The fourth-order valence-corrected chi connectivity index (χ4v) is 3.34. The van der Waals surface area contributed by atoms with E-state index in [1.54, 1.807) is 29.2 Å². The summed E-state index contributed by atoms with van der Waals surface area (Å²) in [4.78, 5) is 16.9. The molecule has 2 heterocycles. The second-order valence-corrected chi connectivity index (χ2v) is 7.00. The fraction of sp³-hybridized carbons (Fsp3) is 0.130. The summed E-state index contributed by atoms with van der Waals surface area (Å²) in [6.45, 7) is 0.0749. The predicted octanol–water partition coefficient (Wildman–Crippen LogP) is 4.34. The number of nitrogens with zero attached hydrogens (tertiary/aromatic N) is 4. The van der Waals surface area contributed by atoms with Crippen LogP contribution in [0.5, 0.6) is 0 Å². The Morgan fingerprint density at radius 2 is 1.62 bits per heavy atom. The summed E-state index contributed by atoms with van der Waals surface area (Å²) in [6.07, 6.45) is -1.35. The smallest absolute Gasteiger partial charge is 0.346 e. The number of halogens is 3. The van der Waals surface area contributed by atoms with Gasteiger partial charge in [0.25, 0.3) is 5.91 Å². The molecule has 9 heteroatoms. The number of hydrogen-bond donors (Lipinski definition) is 1. The molecular weight excluding hydrogens is 419 g/mol. The van der Waals surface area contributed by atoms with E-state index < -0.39 is 17.6 Å². The largest absolute Gasteiger partial charge is 0.416 e. The third-order valence-electron chi connectivity index (χ3n) is 4.84. The first-order valence-corrected chi connectivity index (χ1v) is 9.74. The van der Waals surface area contributed by atoms with Crippen LogP contribution in [0, 0.1) is 0 Å². The molecule has 6 nitrogen and oxygen atoms in total. The summed E-state index contributed by atoms with van der Waals surface area (Å²) >= 11 is 0. The topological polar surface area (TPSA) is 72.7 Å². The van der Waals surface area contributed by atoms with Crippen LogP contribution >= 0.6 is 0 Å². The van der Waals surface area contributed by atoms with Gasteiger partial charge in [0.1, 0.15) is 5.69 Å². The van der Waals surface area contributed by atoms with Crippen LogP contribution in [-0.2, 0) is 19.3 Å². The van der Waals surface area contributed by atoms with E-state index in [9.17, 15) is 18.0 Å². The average Bonchev–Trinajstić information content (AvgIpc) is 3.22. The molecule has 2 aromatic heterocycles. The fourth-order valence-electron chi connectivity index (χ4n) is 3.34. The first-order chi connectivity index (χ1) is 15.4. The number of alkyl halides is 3. The minimum Gasteiger partial charge on any atom is -0.346 e. The van der Waals surface area contributed by atoms with Crippen molar-refractivity contribution in [3.63, 3.8) is 0 Å². The van der Waals surface area contributed by atoms with Gasteiger partial charge in [-0.15, -0.1) is 5.10 Å². The van der Waals surface area contributed by atoms with Crippen molar-refractivity contribution in [3.05, 3.63) is 102 Å². The number of carbonyl (C=O) groups is 1. The van der Waals surface area contributed by atoms with E-state index in [0.29, 0.717) is 17.8 Å². The van der Waals surface area contributed by atoms with Crippen molar-refractivity contribution in [1.82, 2.24) is 25.3 Å². The van der Waals surface area contributed by atoms with E-state index in [4.69, 9.17) is 0 Å². The molecule has 4 aromatic rings. The number of benzene rings is 2. The molecule has 0 atom stereocenters. The van der Waals surface area contributed by atoms with Crippen LogP contribution in [0.1, 0.15) is 27.2 Å². The molecule has 0 spiro atoms. The summed E-state index contributed by atoms with van der Waals surface area (Å²) < 4.78 is 41.3. The maximum atomic E-state index is 13.2. The second-order valence-electron chi connectivity index (χ2n) is 7.00. The van der Waals surface area contributed by atoms with Crippen molar-refractivity contribution < 1.29 is 18.0 Å². The van der Waals surface area contributed by atoms with Crippen molar-refractivity contribution in [2.45, 2.75) is 19.3 Å². The Bertz CT molecular complexity index is 1210. The molecule has 0 saturated carbocycles. The molecule has 32 heavy (non-hydrogen) atoms. The average molecular weight is 437 g/mol. The van der Waals surface area contributed by atoms with Crippen LogP contribution < -0.4 is 5.32 Å². The van der Waals surface area contributed by atoms with Gasteiger partial charge in [-0.1, -0.05) is 53.7 Å². The molecule has 0 radical (unpaired) electrons. The molecule has 4 rings (SSSR count). The quantitative estimate of drug-likeness (QED) is 0.487. The zero-order chi connectivity index (χ0) is 22.6. The van der Waals surface area contributed by atoms with Gasteiger partial charge in [-0.2, -0.15) is 13.2 Å². The summed E-state index contributed by atoms with van der Waals surface area (Å²) in [6, 6.07) is 18.1. The van der Waals surface area contributed by atoms with Gasteiger partial charge >= 0.3 is 6.18 Å². The minimum atomic E-state index is -4.51. The van der Waals surface area contributed by atoms with Gasteiger partial charge in [0, 0.05) is 24.5 Å². The molecule has 162 valence electrons. The van der Waals surface area contributed by atoms with E-state index in [0.717, 1.165) is 11.6 Å². The van der Waals surface area contributed by atoms with Gasteiger partial charge in [0.05, 0.1) is 12.1 Å². The number of amides is 1. The molecule has 0 aliphatic heterocycles. The predicted molar refractivity (Wildman–Crippen MR) is 111 cm³/mol. The minimum absolute atomic E-state index is 0.0246. The Balaban J connectivity index is 1.63. The lowest BCUT2D eigenvalue weighted by Gasteiger charge is -2.13. The van der Waals surface area contributed by atoms with Crippen molar-refractivity contribution in [3.8, 4) is 11.3 Å². The van der Waals surface area contributed by atoms with Gasteiger partial charge in [-0.25, -0.2) is 4.68 Å². The van der Waals surface area contributed by atoms with E-state index >= 15 is 0 Å². The Kier molecular flexibility index (Phi) is 5.98. The third-order valence-corrected chi connectivity index (χ3v) is 4.84. The van der Waals surface area contributed by atoms with Crippen LogP contribution in [0.4, 0.5) is 13.2 Å². The number of aromatic nitrogens is 4. The second kappa shape index (κ2) is 9.01. The van der Waals surface area contributed by atoms with Gasteiger partial charge < -0.3 is 5.32 Å². The van der Waals surface area contributed by atoms with Crippen LogP contribution in [0.3, 0.4) is 0 Å². The molecule has 0 saturated heterocycles. The first-order valence-electron chi connectivity index (χ1n) is 9.74. The molecule has 1 N–H and O–H groups in total. The summed E-state index contributed by atoms with van der Waals surface area (Å²) in [7, 11) is 0. The Hall–Kier alpha value is -4.01. The van der Waals surface area contributed by atoms with Crippen molar-refractivity contribution in [2.24, 2.45) is 0 Å². The molecule has 0 unspecified atom stereocenters. The van der Waals surface area contributed by atoms with Crippen LogP contribution in [0.2, 0.25) is 0 Å². The van der Waals surface area contributed by atoms with E-state index in [-0.39, 0.29) is 17.8 Å². The van der Waals surface area contributed by atoms with E-state index in [2.05, 4.69) is 20.6 Å². The van der Waals surface area contributed by atoms with Crippen LogP contribution in [0.25, 0.3) is 11.3 Å². The maximum Gasteiger partial charge on any atom is 0.416 e. The normalized spacial score (nSPS) is 11.3. The van der Waals surface area contributed by atoms with E-state index in [1.165, 1.54) is 18.2 Å². The third kappa shape index (κ3) is 4.66. The molecule has 1 amide bonds. The first kappa shape index (κ1) is 21.2. The molecule has 0 fully saturated rings. The standard InChI is InChI=1S/C23H18F3N5O/c24-23(25,26)19-9-5-4-8-18(19)14-28-22(32)20-21(17-10-12-27-13-11-17)31(30-29-20)15-16-6-2-1-3-7-16/h1-13H,14-15H2,(H,28,32). The summed E-state index contributed by atoms with van der Waals surface area (Å²) in [5, 5.41) is 10.7. The van der Waals surface area contributed by atoms with Crippen molar-refractivity contribution in [1.29, 1.82) is 0 Å². The van der Waals surface area contributed by atoms with Crippen molar-refractivity contribution >= 4 is 5.91 Å². The van der Waals surface area contributed by atoms with Gasteiger partial charge in [0.2, 0.25) is 0 Å². The number of hydrogen-bond acceptors (Lipinski definition) is 4. The number of carbonyl (C=O) groups excluding carboxylic acids is 1. The molecule has 0 bridgehead atoms. The monoisotopic (exact) mass is 437 g/mol. The summed E-state index contributed by atoms with van der Waals surface area (Å²) in [5.74, 6) is -0.617. The molecule has 2 aromatic carbocycles. The van der Waals surface area contributed by atoms with Crippen LogP contribution in [0.15, 0.2) is 79.1 Å². The molecule has 0 aliphatic rings. The lowest BCUT2D eigenvalue weighted by atomic mass is 10.1. The van der Waals surface area contributed by atoms with Gasteiger partial charge in [0.15, 0.2) is 5.69 Å². The number of rotatable bonds is 6. The number of nitrogens with one attached hydrogen (secondary N) is 1. The highest BCUT2D eigenvalue weighted by Crippen LogP contribution is 2.32. The van der Waals surface area contributed by atoms with Gasteiger partial charge in [-0.3, -0.25) is 9.78 Å². The highest BCUT2D eigenvalue weighted by Gasteiger charge is 2.33. The Morgan fingerprint density at radius 3 is 2.34 bits per heavy atom.